The topological polar surface area (TPSA) is 82.4 Å². The first-order chi connectivity index (χ1) is 14.2. The lowest BCUT2D eigenvalue weighted by atomic mass is 10.1. The van der Waals surface area contributed by atoms with E-state index in [2.05, 4.69) is 10.3 Å². The summed E-state index contributed by atoms with van der Waals surface area (Å²) in [5, 5.41) is 2.76. The minimum atomic E-state index is -0.246. The highest BCUT2D eigenvalue weighted by molar-refractivity contribution is 5.91. The Bertz CT molecular complexity index is 1110. The third kappa shape index (κ3) is 4.52. The third-order valence-electron chi connectivity index (χ3n) is 4.42. The van der Waals surface area contributed by atoms with E-state index in [0.717, 1.165) is 11.1 Å². The van der Waals surface area contributed by atoms with Gasteiger partial charge >= 0.3 is 0 Å². The summed E-state index contributed by atoms with van der Waals surface area (Å²) in [4.78, 5) is 28.6. The number of amides is 1. The number of hydrogen-bond acceptors (Lipinski definition) is 5. The molecule has 0 bridgehead atoms. The first kappa shape index (κ1) is 18.5. The van der Waals surface area contributed by atoms with E-state index in [1.807, 2.05) is 42.5 Å². The van der Waals surface area contributed by atoms with Gasteiger partial charge in [-0.05, 0) is 23.8 Å². The predicted octanol–water partition coefficient (Wildman–Crippen LogP) is 2.47. The van der Waals surface area contributed by atoms with Crippen molar-refractivity contribution in [3.63, 3.8) is 0 Å². The van der Waals surface area contributed by atoms with Gasteiger partial charge in [0.2, 0.25) is 12.7 Å². The van der Waals surface area contributed by atoms with Crippen molar-refractivity contribution in [1.29, 1.82) is 0 Å². The molecule has 0 unspecified atom stereocenters. The highest BCUT2D eigenvalue weighted by Crippen LogP contribution is 2.32. The Balaban J connectivity index is 1.30. The second-order valence-corrected chi connectivity index (χ2v) is 6.41. The van der Waals surface area contributed by atoms with Crippen molar-refractivity contribution in [1.82, 2.24) is 14.9 Å². The summed E-state index contributed by atoms with van der Waals surface area (Å²) in [6.45, 7) is 0.866. The fourth-order valence-electron chi connectivity index (χ4n) is 2.91. The van der Waals surface area contributed by atoms with Crippen LogP contribution < -0.4 is 20.3 Å². The van der Waals surface area contributed by atoms with Gasteiger partial charge in [-0.15, -0.1) is 0 Å². The molecule has 2 heterocycles. The fraction of sp³-hybridized carbons (Fsp3) is 0.136. The van der Waals surface area contributed by atoms with Crippen LogP contribution in [-0.4, -0.2) is 28.8 Å². The quantitative estimate of drug-likeness (QED) is 0.655. The summed E-state index contributed by atoms with van der Waals surface area (Å²) >= 11 is 0. The van der Waals surface area contributed by atoms with Crippen LogP contribution in [0.4, 0.5) is 0 Å². The molecule has 146 valence electrons. The molecule has 7 heteroatoms. The van der Waals surface area contributed by atoms with Crippen LogP contribution >= 0.6 is 0 Å². The van der Waals surface area contributed by atoms with E-state index in [9.17, 15) is 9.59 Å². The minimum Gasteiger partial charge on any atom is -0.454 e. The summed E-state index contributed by atoms with van der Waals surface area (Å²) in [6.07, 6.45) is 4.63. The molecule has 4 rings (SSSR count). The van der Waals surface area contributed by atoms with Gasteiger partial charge in [-0.2, -0.15) is 0 Å². The second kappa shape index (κ2) is 8.43. The van der Waals surface area contributed by atoms with Crippen LogP contribution in [-0.2, 0) is 11.3 Å². The molecule has 0 spiro atoms. The van der Waals surface area contributed by atoms with Crippen molar-refractivity contribution in [2.75, 3.05) is 13.3 Å². The van der Waals surface area contributed by atoms with Gasteiger partial charge in [0.15, 0.2) is 11.5 Å². The molecular formula is C22H19N3O4. The highest BCUT2D eigenvalue weighted by Gasteiger charge is 2.12. The molecule has 3 aromatic rings. The molecule has 1 amide bonds. The van der Waals surface area contributed by atoms with Crippen LogP contribution in [0.1, 0.15) is 5.56 Å². The maximum atomic E-state index is 12.3. The number of carbonyl (C=O) groups is 1. The Morgan fingerprint density at radius 3 is 2.76 bits per heavy atom. The van der Waals surface area contributed by atoms with Crippen molar-refractivity contribution < 1.29 is 14.3 Å². The molecule has 29 heavy (non-hydrogen) atoms. The molecule has 7 nitrogen and oxygen atoms in total. The molecule has 0 saturated heterocycles. The monoisotopic (exact) mass is 389 g/mol. The van der Waals surface area contributed by atoms with Gasteiger partial charge in [0, 0.05) is 30.8 Å². The molecule has 1 aliphatic rings. The van der Waals surface area contributed by atoms with Gasteiger partial charge in [0.05, 0.1) is 12.0 Å². The lowest BCUT2D eigenvalue weighted by Gasteiger charge is -2.07. The van der Waals surface area contributed by atoms with Gasteiger partial charge < -0.3 is 14.8 Å². The molecule has 0 aliphatic carbocycles. The minimum absolute atomic E-state index is 0.163. The average Bonchev–Trinajstić information content (AvgIpc) is 3.22. The number of nitrogens with one attached hydrogen (secondary N) is 1. The van der Waals surface area contributed by atoms with E-state index in [1.165, 1.54) is 23.0 Å². The Kier molecular flexibility index (Phi) is 5.38. The van der Waals surface area contributed by atoms with Crippen LogP contribution in [0.15, 0.2) is 71.8 Å². The summed E-state index contributed by atoms with van der Waals surface area (Å²) < 4.78 is 12.0. The van der Waals surface area contributed by atoms with Crippen molar-refractivity contribution in [3.05, 3.63) is 82.9 Å². The lowest BCUT2D eigenvalue weighted by Crippen LogP contribution is -2.29. The number of fused-ring (bicyclic) bond motifs is 1. The molecule has 0 saturated carbocycles. The lowest BCUT2D eigenvalue weighted by molar-refractivity contribution is -0.116. The normalized spacial score (nSPS) is 12.3. The van der Waals surface area contributed by atoms with E-state index in [0.29, 0.717) is 30.3 Å². The zero-order valence-electron chi connectivity index (χ0n) is 15.6. The number of aromatic nitrogens is 2. The van der Waals surface area contributed by atoms with Crippen molar-refractivity contribution in [2.45, 2.75) is 6.54 Å². The first-order valence-corrected chi connectivity index (χ1v) is 9.16. The molecule has 0 atom stereocenters. The zero-order chi connectivity index (χ0) is 20.1. The maximum Gasteiger partial charge on any atom is 0.253 e. The van der Waals surface area contributed by atoms with Crippen LogP contribution in [0.2, 0.25) is 0 Å². The molecule has 1 aromatic heterocycles. The number of hydrogen-bond donors (Lipinski definition) is 1. The first-order valence-electron chi connectivity index (χ1n) is 9.16. The van der Waals surface area contributed by atoms with Gasteiger partial charge in [0.25, 0.3) is 5.56 Å². The Hall–Kier alpha value is -3.87. The largest absolute Gasteiger partial charge is 0.454 e. The highest BCUT2D eigenvalue weighted by atomic mass is 16.7. The summed E-state index contributed by atoms with van der Waals surface area (Å²) in [5.41, 5.74) is 2.19. The van der Waals surface area contributed by atoms with Crippen molar-refractivity contribution in [2.24, 2.45) is 0 Å². The van der Waals surface area contributed by atoms with Crippen molar-refractivity contribution in [3.8, 4) is 22.8 Å². The summed E-state index contributed by atoms with van der Waals surface area (Å²) in [6, 6.07) is 16.5. The van der Waals surface area contributed by atoms with E-state index in [1.54, 1.807) is 12.1 Å². The van der Waals surface area contributed by atoms with Crippen LogP contribution in [0.3, 0.4) is 0 Å². The number of benzene rings is 2. The molecule has 2 aromatic carbocycles. The number of carbonyl (C=O) groups excluding carboxylic acids is 1. The van der Waals surface area contributed by atoms with Crippen LogP contribution in [0.25, 0.3) is 17.3 Å². The standard InChI is InChI=1S/C22H19N3O4/c26-21(9-7-16-6-8-19-20(12-16)29-15-28-19)23-10-11-25-14-24-18(13-22(25)27)17-4-2-1-3-5-17/h1-9,12-14H,10-11,15H2,(H,23,26)/b9-7+. The van der Waals surface area contributed by atoms with Crippen LogP contribution in [0, 0.1) is 0 Å². The van der Waals surface area contributed by atoms with Gasteiger partial charge in [0.1, 0.15) is 0 Å². The molecule has 1 aliphatic heterocycles. The molecule has 1 N–H and O–H groups in total. The molecular weight excluding hydrogens is 370 g/mol. The Morgan fingerprint density at radius 1 is 1.10 bits per heavy atom. The SMILES string of the molecule is O=C(/C=C/c1ccc2c(c1)OCO2)NCCn1cnc(-c2ccccc2)cc1=O. The number of nitrogens with zero attached hydrogens (tertiary/aromatic N) is 2. The van der Waals surface area contributed by atoms with E-state index < -0.39 is 0 Å². The van der Waals surface area contributed by atoms with Crippen molar-refractivity contribution >= 4 is 12.0 Å². The van der Waals surface area contributed by atoms with Gasteiger partial charge in [-0.25, -0.2) is 4.98 Å². The fourth-order valence-corrected chi connectivity index (χ4v) is 2.91. The second-order valence-electron chi connectivity index (χ2n) is 6.41. The van der Waals surface area contributed by atoms with Gasteiger partial charge in [-0.1, -0.05) is 36.4 Å². The number of ether oxygens (including phenoxy) is 2. The van der Waals surface area contributed by atoms with E-state index in [4.69, 9.17) is 9.47 Å². The van der Waals surface area contributed by atoms with E-state index >= 15 is 0 Å². The summed E-state index contributed by atoms with van der Waals surface area (Å²) in [7, 11) is 0. The smallest absolute Gasteiger partial charge is 0.253 e. The molecule has 0 fully saturated rings. The zero-order valence-corrected chi connectivity index (χ0v) is 15.6. The maximum absolute atomic E-state index is 12.3. The van der Waals surface area contributed by atoms with Gasteiger partial charge in [-0.3, -0.25) is 14.2 Å². The van der Waals surface area contributed by atoms with Crippen LogP contribution in [0.5, 0.6) is 11.5 Å². The Labute approximate surface area is 167 Å². The summed E-state index contributed by atoms with van der Waals surface area (Å²) in [5.74, 6) is 1.12. The Morgan fingerprint density at radius 2 is 1.93 bits per heavy atom. The third-order valence-corrected chi connectivity index (χ3v) is 4.42. The predicted molar refractivity (Wildman–Crippen MR) is 109 cm³/mol. The molecule has 0 radical (unpaired) electrons. The average molecular weight is 389 g/mol. The number of rotatable bonds is 6. The van der Waals surface area contributed by atoms with E-state index in [-0.39, 0.29) is 18.3 Å².